The van der Waals surface area contributed by atoms with E-state index in [1.54, 1.807) is 25.3 Å². The number of rotatable bonds is 2. The Bertz CT molecular complexity index is 414. The number of anilines is 1. The summed E-state index contributed by atoms with van der Waals surface area (Å²) in [5.74, 6) is 0.579. The van der Waals surface area contributed by atoms with E-state index in [0.29, 0.717) is 17.0 Å². The molecule has 1 aliphatic heterocycles. The number of nitrogen functional groups attached to an aromatic ring is 1. The van der Waals surface area contributed by atoms with Crippen LogP contribution in [0.5, 0.6) is 5.75 Å². The zero-order valence-corrected chi connectivity index (χ0v) is 9.90. The Kier molecular flexibility index (Phi) is 3.49. The molecule has 2 rings (SSSR count). The van der Waals surface area contributed by atoms with Crippen molar-refractivity contribution in [3.8, 4) is 5.75 Å². The van der Waals surface area contributed by atoms with E-state index in [4.69, 9.17) is 10.5 Å². The van der Waals surface area contributed by atoms with Crippen molar-refractivity contribution < 1.29 is 9.53 Å². The second-order valence-electron chi connectivity index (χ2n) is 4.00. The van der Waals surface area contributed by atoms with Gasteiger partial charge >= 0.3 is 0 Å². The van der Waals surface area contributed by atoms with Crippen molar-refractivity contribution in [3.63, 3.8) is 0 Å². The molecule has 1 aliphatic rings. The second kappa shape index (κ2) is 5.05. The molecule has 0 unspecified atom stereocenters. The number of carbonyl (C=O) groups excluding carboxylic acids is 1. The lowest BCUT2D eigenvalue weighted by Gasteiger charge is -2.27. The molecule has 3 N–H and O–H groups in total. The van der Waals surface area contributed by atoms with Gasteiger partial charge in [-0.25, -0.2) is 0 Å². The lowest BCUT2D eigenvalue weighted by Crippen LogP contribution is -2.46. The number of benzene rings is 1. The Balaban J connectivity index is 2.18. The number of nitrogens with two attached hydrogens (primary N) is 1. The van der Waals surface area contributed by atoms with Crippen molar-refractivity contribution >= 4 is 11.6 Å². The first-order valence-electron chi connectivity index (χ1n) is 5.66. The van der Waals surface area contributed by atoms with Crippen LogP contribution >= 0.6 is 0 Å². The first-order valence-corrected chi connectivity index (χ1v) is 5.66. The number of nitrogens with zero attached hydrogens (tertiary/aromatic N) is 1. The molecular formula is C12H17N3O2. The van der Waals surface area contributed by atoms with Gasteiger partial charge < -0.3 is 20.7 Å². The van der Waals surface area contributed by atoms with E-state index in [-0.39, 0.29) is 5.91 Å². The molecule has 92 valence electrons. The third-order valence-electron chi connectivity index (χ3n) is 2.88. The summed E-state index contributed by atoms with van der Waals surface area (Å²) in [4.78, 5) is 14.0. The molecule has 0 aliphatic carbocycles. The molecule has 17 heavy (non-hydrogen) atoms. The third-order valence-corrected chi connectivity index (χ3v) is 2.88. The number of carbonyl (C=O) groups is 1. The average Bonchev–Trinajstić information content (AvgIpc) is 2.39. The lowest BCUT2D eigenvalue weighted by atomic mass is 10.1. The summed E-state index contributed by atoms with van der Waals surface area (Å²) < 4.78 is 5.12. The molecule has 1 fully saturated rings. The SMILES string of the molecule is COc1cc(C(=O)N2CCNCC2)ccc1N. The van der Waals surface area contributed by atoms with Gasteiger partial charge in [0.1, 0.15) is 5.75 Å². The Morgan fingerprint density at radius 1 is 1.41 bits per heavy atom. The van der Waals surface area contributed by atoms with Crippen LogP contribution < -0.4 is 15.8 Å². The molecule has 0 radical (unpaired) electrons. The van der Waals surface area contributed by atoms with Crippen molar-refractivity contribution in [2.75, 3.05) is 39.0 Å². The highest BCUT2D eigenvalue weighted by molar-refractivity contribution is 5.95. The van der Waals surface area contributed by atoms with Gasteiger partial charge in [0.05, 0.1) is 12.8 Å². The fourth-order valence-electron chi connectivity index (χ4n) is 1.89. The van der Waals surface area contributed by atoms with Gasteiger partial charge in [-0.15, -0.1) is 0 Å². The predicted molar refractivity (Wildman–Crippen MR) is 66.2 cm³/mol. The van der Waals surface area contributed by atoms with Gasteiger partial charge in [-0.05, 0) is 18.2 Å². The van der Waals surface area contributed by atoms with Gasteiger partial charge in [0.2, 0.25) is 0 Å². The van der Waals surface area contributed by atoms with Gasteiger partial charge in [-0.1, -0.05) is 0 Å². The molecule has 0 aromatic heterocycles. The van der Waals surface area contributed by atoms with Gasteiger partial charge in [-0.2, -0.15) is 0 Å². The molecule has 5 heteroatoms. The predicted octanol–water partition coefficient (Wildman–Crippen LogP) is 0.323. The molecule has 1 aromatic carbocycles. The van der Waals surface area contributed by atoms with Crippen molar-refractivity contribution in [2.24, 2.45) is 0 Å². The van der Waals surface area contributed by atoms with Crippen LogP contribution in [0.3, 0.4) is 0 Å². The largest absolute Gasteiger partial charge is 0.495 e. The van der Waals surface area contributed by atoms with E-state index >= 15 is 0 Å². The van der Waals surface area contributed by atoms with E-state index < -0.39 is 0 Å². The summed E-state index contributed by atoms with van der Waals surface area (Å²) in [5.41, 5.74) is 6.89. The Labute approximate surface area is 101 Å². The normalized spacial score (nSPS) is 15.7. The standard InChI is InChI=1S/C12H17N3O2/c1-17-11-8-9(2-3-10(11)13)12(16)15-6-4-14-5-7-15/h2-3,8,14H,4-7,13H2,1H3. The number of piperazine rings is 1. The molecular weight excluding hydrogens is 218 g/mol. The monoisotopic (exact) mass is 235 g/mol. The average molecular weight is 235 g/mol. The van der Waals surface area contributed by atoms with Crippen LogP contribution in [0, 0.1) is 0 Å². The van der Waals surface area contributed by atoms with E-state index in [2.05, 4.69) is 5.32 Å². The highest BCUT2D eigenvalue weighted by Gasteiger charge is 2.18. The number of amides is 1. The molecule has 0 bridgehead atoms. The van der Waals surface area contributed by atoms with E-state index in [0.717, 1.165) is 26.2 Å². The number of hydrogen-bond acceptors (Lipinski definition) is 4. The molecule has 1 amide bonds. The zero-order valence-electron chi connectivity index (χ0n) is 9.90. The molecule has 1 saturated heterocycles. The number of hydrogen-bond donors (Lipinski definition) is 2. The van der Waals surface area contributed by atoms with E-state index in [1.807, 2.05) is 4.90 Å². The van der Waals surface area contributed by atoms with E-state index in [9.17, 15) is 4.79 Å². The minimum Gasteiger partial charge on any atom is -0.495 e. The maximum absolute atomic E-state index is 12.2. The van der Waals surface area contributed by atoms with Crippen LogP contribution in [-0.2, 0) is 0 Å². The Morgan fingerprint density at radius 2 is 2.12 bits per heavy atom. The fraction of sp³-hybridized carbons (Fsp3) is 0.417. The van der Waals surface area contributed by atoms with Crippen LogP contribution in [0.2, 0.25) is 0 Å². The third kappa shape index (κ3) is 2.50. The van der Waals surface area contributed by atoms with Crippen molar-refractivity contribution in [1.82, 2.24) is 10.2 Å². The molecule has 0 saturated carbocycles. The number of nitrogens with one attached hydrogen (secondary N) is 1. The molecule has 1 heterocycles. The summed E-state index contributed by atoms with van der Waals surface area (Å²) in [6, 6.07) is 5.14. The minimum atomic E-state index is 0.0322. The Hall–Kier alpha value is -1.75. The summed E-state index contributed by atoms with van der Waals surface area (Å²) in [7, 11) is 1.55. The Morgan fingerprint density at radius 3 is 2.76 bits per heavy atom. The fourth-order valence-corrected chi connectivity index (χ4v) is 1.89. The lowest BCUT2D eigenvalue weighted by molar-refractivity contribution is 0.0735. The summed E-state index contributed by atoms with van der Waals surface area (Å²) >= 11 is 0. The highest BCUT2D eigenvalue weighted by atomic mass is 16.5. The van der Waals surface area contributed by atoms with Crippen molar-refractivity contribution in [1.29, 1.82) is 0 Å². The first-order chi connectivity index (χ1) is 8.22. The number of methoxy groups -OCH3 is 1. The quantitative estimate of drug-likeness (QED) is 0.725. The summed E-state index contributed by atoms with van der Waals surface area (Å²) in [5, 5.41) is 3.21. The minimum absolute atomic E-state index is 0.0322. The maximum atomic E-state index is 12.2. The van der Waals surface area contributed by atoms with Crippen molar-refractivity contribution in [2.45, 2.75) is 0 Å². The highest BCUT2D eigenvalue weighted by Crippen LogP contribution is 2.22. The van der Waals surface area contributed by atoms with Crippen LogP contribution in [-0.4, -0.2) is 44.1 Å². The first kappa shape index (κ1) is 11.7. The van der Waals surface area contributed by atoms with Gasteiger partial charge in [0.25, 0.3) is 5.91 Å². The topological polar surface area (TPSA) is 67.6 Å². The molecule has 1 aromatic rings. The molecule has 0 spiro atoms. The zero-order chi connectivity index (χ0) is 12.3. The summed E-state index contributed by atoms with van der Waals surface area (Å²) in [6.45, 7) is 3.17. The van der Waals surface area contributed by atoms with Crippen LogP contribution in [0.1, 0.15) is 10.4 Å². The summed E-state index contributed by atoms with van der Waals surface area (Å²) in [6.07, 6.45) is 0. The van der Waals surface area contributed by atoms with Crippen molar-refractivity contribution in [3.05, 3.63) is 23.8 Å². The molecule has 0 atom stereocenters. The number of ether oxygens (including phenoxy) is 1. The smallest absolute Gasteiger partial charge is 0.254 e. The van der Waals surface area contributed by atoms with Crippen LogP contribution in [0.15, 0.2) is 18.2 Å². The maximum Gasteiger partial charge on any atom is 0.254 e. The van der Waals surface area contributed by atoms with Crippen LogP contribution in [0.4, 0.5) is 5.69 Å². The van der Waals surface area contributed by atoms with Gasteiger partial charge in [0.15, 0.2) is 0 Å². The second-order valence-corrected chi connectivity index (χ2v) is 4.00. The van der Waals surface area contributed by atoms with Crippen LogP contribution in [0.25, 0.3) is 0 Å². The van der Waals surface area contributed by atoms with Gasteiger partial charge in [-0.3, -0.25) is 4.79 Å². The van der Waals surface area contributed by atoms with E-state index in [1.165, 1.54) is 0 Å². The molecule has 5 nitrogen and oxygen atoms in total. The van der Waals surface area contributed by atoms with Gasteiger partial charge in [0, 0.05) is 31.7 Å².